The second-order valence-corrected chi connectivity index (χ2v) is 4.65. The molecule has 0 bridgehead atoms. The minimum absolute atomic E-state index is 0.567. The van der Waals surface area contributed by atoms with Crippen LogP contribution in [0.15, 0.2) is 36.7 Å². The number of aryl methyl sites for hydroxylation is 1. The van der Waals surface area contributed by atoms with Gasteiger partial charge in [-0.15, -0.1) is 0 Å². The molecule has 1 aromatic carbocycles. The van der Waals surface area contributed by atoms with Gasteiger partial charge >= 0.3 is 0 Å². The van der Waals surface area contributed by atoms with Crippen LogP contribution >= 0.6 is 0 Å². The first-order chi connectivity index (χ1) is 9.67. The van der Waals surface area contributed by atoms with Gasteiger partial charge in [0.15, 0.2) is 5.65 Å². The highest BCUT2D eigenvalue weighted by Crippen LogP contribution is 2.27. The number of anilines is 2. The summed E-state index contributed by atoms with van der Waals surface area (Å²) in [6.07, 6.45) is 3.59. The molecule has 20 heavy (non-hydrogen) atoms. The Morgan fingerprint density at radius 2 is 1.95 bits per heavy atom. The molecule has 0 atom stereocenters. The summed E-state index contributed by atoms with van der Waals surface area (Å²) >= 11 is 0. The molecule has 0 fully saturated rings. The van der Waals surface area contributed by atoms with Gasteiger partial charge in [0.05, 0.1) is 0 Å². The van der Waals surface area contributed by atoms with Gasteiger partial charge in [0, 0.05) is 36.1 Å². The van der Waals surface area contributed by atoms with Gasteiger partial charge in [-0.05, 0) is 36.2 Å². The summed E-state index contributed by atoms with van der Waals surface area (Å²) in [5.74, 6) is 0.567. The first-order valence-electron chi connectivity index (χ1n) is 6.34. The van der Waals surface area contributed by atoms with E-state index in [1.807, 2.05) is 30.5 Å². The molecule has 2 aromatic heterocycles. The summed E-state index contributed by atoms with van der Waals surface area (Å²) in [6.45, 7) is 2.06. The molecule has 0 spiro atoms. The number of benzene rings is 1. The molecule has 0 unspecified atom stereocenters. The molecule has 0 radical (unpaired) electrons. The van der Waals surface area contributed by atoms with Crippen molar-refractivity contribution < 1.29 is 0 Å². The number of pyridine rings is 1. The number of nitrogens with zero attached hydrogens (tertiary/aromatic N) is 3. The van der Waals surface area contributed by atoms with E-state index in [1.54, 1.807) is 13.2 Å². The Morgan fingerprint density at radius 1 is 1.10 bits per heavy atom. The van der Waals surface area contributed by atoms with Crippen LogP contribution in [0.4, 0.5) is 11.6 Å². The minimum Gasteiger partial charge on any atom is -0.399 e. The monoisotopic (exact) mass is 265 g/mol. The summed E-state index contributed by atoms with van der Waals surface area (Å²) in [4.78, 5) is 12.9. The lowest BCUT2D eigenvalue weighted by Crippen LogP contribution is -1.97. The van der Waals surface area contributed by atoms with Crippen LogP contribution in [0.2, 0.25) is 0 Å². The zero-order chi connectivity index (χ0) is 14.1. The van der Waals surface area contributed by atoms with Crippen molar-refractivity contribution in [1.29, 1.82) is 0 Å². The maximum Gasteiger partial charge on any atom is 0.224 e. The van der Waals surface area contributed by atoms with Crippen LogP contribution in [0.25, 0.3) is 22.2 Å². The van der Waals surface area contributed by atoms with Crippen molar-refractivity contribution in [3.8, 4) is 11.1 Å². The SMILES string of the molecule is CNc1ncc2cc(-c3cc(N)ccc3C)cnc2n1. The third-order valence-electron chi connectivity index (χ3n) is 3.23. The lowest BCUT2D eigenvalue weighted by molar-refractivity contribution is 1.16. The van der Waals surface area contributed by atoms with Gasteiger partial charge in [-0.2, -0.15) is 4.98 Å². The summed E-state index contributed by atoms with van der Waals surface area (Å²) in [6, 6.07) is 7.90. The number of nitrogens with one attached hydrogen (secondary N) is 1. The number of rotatable bonds is 2. The van der Waals surface area contributed by atoms with E-state index in [0.29, 0.717) is 11.6 Å². The topological polar surface area (TPSA) is 76.7 Å². The minimum atomic E-state index is 0.567. The fraction of sp³-hybridized carbons (Fsp3) is 0.133. The third-order valence-corrected chi connectivity index (χ3v) is 3.23. The van der Waals surface area contributed by atoms with Crippen molar-refractivity contribution >= 4 is 22.7 Å². The second-order valence-electron chi connectivity index (χ2n) is 4.65. The third kappa shape index (κ3) is 2.14. The van der Waals surface area contributed by atoms with Gasteiger partial charge in [-0.25, -0.2) is 9.97 Å². The molecule has 0 saturated carbocycles. The second kappa shape index (κ2) is 4.77. The number of nitrogens with two attached hydrogens (primary N) is 1. The molecule has 3 rings (SSSR count). The Bertz CT molecular complexity index is 782. The number of aromatic nitrogens is 3. The van der Waals surface area contributed by atoms with Crippen LogP contribution in [0.3, 0.4) is 0 Å². The van der Waals surface area contributed by atoms with E-state index in [2.05, 4.69) is 27.2 Å². The molecular weight excluding hydrogens is 250 g/mol. The molecule has 0 amide bonds. The van der Waals surface area contributed by atoms with E-state index >= 15 is 0 Å². The van der Waals surface area contributed by atoms with E-state index in [9.17, 15) is 0 Å². The van der Waals surface area contributed by atoms with Crippen LogP contribution in [0, 0.1) is 6.92 Å². The molecule has 0 saturated heterocycles. The Hall–Kier alpha value is -2.69. The van der Waals surface area contributed by atoms with E-state index in [1.165, 1.54) is 0 Å². The molecule has 100 valence electrons. The largest absolute Gasteiger partial charge is 0.399 e. The van der Waals surface area contributed by atoms with Crippen molar-refractivity contribution in [2.45, 2.75) is 6.92 Å². The van der Waals surface area contributed by atoms with Crippen molar-refractivity contribution in [2.75, 3.05) is 18.1 Å². The van der Waals surface area contributed by atoms with Gasteiger partial charge < -0.3 is 11.1 Å². The first kappa shape index (κ1) is 12.3. The van der Waals surface area contributed by atoms with Crippen LogP contribution in [-0.4, -0.2) is 22.0 Å². The Balaban J connectivity index is 2.15. The van der Waals surface area contributed by atoms with E-state index in [0.717, 1.165) is 27.8 Å². The Labute approximate surface area is 116 Å². The smallest absolute Gasteiger partial charge is 0.224 e. The lowest BCUT2D eigenvalue weighted by Gasteiger charge is -2.08. The zero-order valence-corrected chi connectivity index (χ0v) is 11.4. The fourth-order valence-corrected chi connectivity index (χ4v) is 2.14. The highest BCUT2D eigenvalue weighted by atomic mass is 15.1. The van der Waals surface area contributed by atoms with Crippen LogP contribution in [0.5, 0.6) is 0 Å². The standard InChI is InChI=1S/C15H15N5/c1-9-3-4-12(16)6-13(9)10-5-11-8-19-15(17-2)20-14(11)18-7-10/h3-8H,16H2,1-2H3,(H,17,18,19,20). The van der Waals surface area contributed by atoms with Crippen LogP contribution in [0.1, 0.15) is 5.56 Å². The summed E-state index contributed by atoms with van der Waals surface area (Å²) < 4.78 is 0. The first-order valence-corrected chi connectivity index (χ1v) is 6.34. The molecule has 5 nitrogen and oxygen atoms in total. The fourth-order valence-electron chi connectivity index (χ4n) is 2.14. The summed E-state index contributed by atoms with van der Waals surface area (Å²) in [7, 11) is 1.78. The van der Waals surface area contributed by atoms with Gasteiger partial charge in [0.25, 0.3) is 0 Å². The van der Waals surface area contributed by atoms with Crippen LogP contribution < -0.4 is 11.1 Å². The average molecular weight is 265 g/mol. The lowest BCUT2D eigenvalue weighted by atomic mass is 10.0. The van der Waals surface area contributed by atoms with E-state index in [4.69, 9.17) is 5.73 Å². The number of nitrogen functional groups attached to an aromatic ring is 1. The van der Waals surface area contributed by atoms with Gasteiger partial charge in [0.1, 0.15) is 0 Å². The van der Waals surface area contributed by atoms with Crippen molar-refractivity contribution in [2.24, 2.45) is 0 Å². The Kier molecular flexibility index (Phi) is 2.95. The maximum absolute atomic E-state index is 5.86. The van der Waals surface area contributed by atoms with Gasteiger partial charge in [0.2, 0.25) is 5.95 Å². The zero-order valence-electron chi connectivity index (χ0n) is 11.4. The summed E-state index contributed by atoms with van der Waals surface area (Å²) in [5, 5.41) is 3.81. The average Bonchev–Trinajstić information content (AvgIpc) is 2.48. The van der Waals surface area contributed by atoms with Crippen molar-refractivity contribution in [3.63, 3.8) is 0 Å². The van der Waals surface area contributed by atoms with Gasteiger partial charge in [-0.1, -0.05) is 6.07 Å². The molecule has 3 N–H and O–H groups in total. The van der Waals surface area contributed by atoms with E-state index in [-0.39, 0.29) is 0 Å². The van der Waals surface area contributed by atoms with Gasteiger partial charge in [-0.3, -0.25) is 0 Å². The normalized spacial score (nSPS) is 10.7. The number of hydrogen-bond acceptors (Lipinski definition) is 5. The highest BCUT2D eigenvalue weighted by molar-refractivity contribution is 5.82. The molecule has 0 aliphatic rings. The quantitative estimate of drug-likeness (QED) is 0.696. The molecule has 3 aromatic rings. The van der Waals surface area contributed by atoms with Crippen molar-refractivity contribution in [1.82, 2.24) is 15.0 Å². The summed E-state index contributed by atoms with van der Waals surface area (Å²) in [5.41, 5.74) is 10.5. The maximum atomic E-state index is 5.86. The molecule has 0 aliphatic heterocycles. The highest BCUT2D eigenvalue weighted by Gasteiger charge is 2.06. The molecule has 2 heterocycles. The predicted molar refractivity (Wildman–Crippen MR) is 81.5 cm³/mol. The molecule has 5 heteroatoms. The Morgan fingerprint density at radius 3 is 2.75 bits per heavy atom. The molecular formula is C15H15N5. The number of fused-ring (bicyclic) bond motifs is 1. The van der Waals surface area contributed by atoms with E-state index < -0.39 is 0 Å². The number of hydrogen-bond donors (Lipinski definition) is 2. The van der Waals surface area contributed by atoms with Crippen molar-refractivity contribution in [3.05, 3.63) is 42.2 Å². The van der Waals surface area contributed by atoms with Crippen LogP contribution in [-0.2, 0) is 0 Å². The predicted octanol–water partition coefficient (Wildman–Crippen LogP) is 2.62. The molecule has 0 aliphatic carbocycles.